The Bertz CT molecular complexity index is 183. The fourth-order valence-electron chi connectivity index (χ4n) is 1.28. The number of piperidine rings is 1. The molecule has 0 amide bonds. The van der Waals surface area contributed by atoms with Crippen LogP contribution in [-0.2, 0) is 0 Å². The van der Waals surface area contributed by atoms with Crippen molar-refractivity contribution in [2.45, 2.75) is 33.6 Å². The zero-order chi connectivity index (χ0) is 9.03. The first-order valence-electron chi connectivity index (χ1n) is 4.81. The van der Waals surface area contributed by atoms with Crippen molar-refractivity contribution in [3.05, 3.63) is 0 Å². The highest BCUT2D eigenvalue weighted by Gasteiger charge is 2.10. The Kier molecular flexibility index (Phi) is 3.17. The van der Waals surface area contributed by atoms with Crippen molar-refractivity contribution in [2.75, 3.05) is 13.1 Å². The fourth-order valence-corrected chi connectivity index (χ4v) is 1.28. The summed E-state index contributed by atoms with van der Waals surface area (Å²) in [5.41, 5.74) is 0.172. The van der Waals surface area contributed by atoms with Crippen LogP contribution in [0.25, 0.3) is 0 Å². The molecule has 1 fully saturated rings. The van der Waals surface area contributed by atoms with Crippen LogP contribution in [0, 0.1) is 23.2 Å². The summed E-state index contributed by atoms with van der Waals surface area (Å²) in [5, 5.41) is 3.34. The van der Waals surface area contributed by atoms with E-state index in [1.165, 1.54) is 12.8 Å². The molecule has 0 radical (unpaired) electrons. The van der Waals surface area contributed by atoms with Gasteiger partial charge in [-0.15, -0.1) is 0 Å². The van der Waals surface area contributed by atoms with Gasteiger partial charge in [0.1, 0.15) is 0 Å². The van der Waals surface area contributed by atoms with Crippen molar-refractivity contribution in [3.63, 3.8) is 0 Å². The smallest absolute Gasteiger partial charge is 0.0230 e. The third-order valence-electron chi connectivity index (χ3n) is 1.99. The second-order valence-corrected chi connectivity index (χ2v) is 4.54. The third-order valence-corrected chi connectivity index (χ3v) is 1.99. The maximum Gasteiger partial charge on any atom is 0.0230 e. The minimum Gasteiger partial charge on any atom is -0.317 e. The van der Waals surface area contributed by atoms with Gasteiger partial charge >= 0.3 is 0 Å². The minimum atomic E-state index is 0.172. The molecule has 1 aliphatic heterocycles. The predicted octanol–water partition coefficient (Wildman–Crippen LogP) is 2.04. The zero-order valence-electron chi connectivity index (χ0n) is 8.41. The SMILES string of the molecule is CC(C)(C)C#CC1CCNCC1. The van der Waals surface area contributed by atoms with Crippen molar-refractivity contribution in [1.29, 1.82) is 0 Å². The number of hydrogen-bond acceptors (Lipinski definition) is 1. The molecule has 0 aliphatic carbocycles. The van der Waals surface area contributed by atoms with E-state index in [-0.39, 0.29) is 5.41 Å². The molecule has 0 atom stereocenters. The molecule has 1 rings (SSSR count). The quantitative estimate of drug-likeness (QED) is 0.542. The molecule has 0 aromatic carbocycles. The molecule has 1 aliphatic rings. The van der Waals surface area contributed by atoms with Crippen molar-refractivity contribution in [1.82, 2.24) is 5.32 Å². The monoisotopic (exact) mass is 165 g/mol. The van der Waals surface area contributed by atoms with E-state index in [9.17, 15) is 0 Å². The van der Waals surface area contributed by atoms with Gasteiger partial charge in [0.15, 0.2) is 0 Å². The minimum absolute atomic E-state index is 0.172. The van der Waals surface area contributed by atoms with Gasteiger partial charge in [-0.2, -0.15) is 0 Å². The molecule has 1 heteroatoms. The van der Waals surface area contributed by atoms with Gasteiger partial charge in [-0.25, -0.2) is 0 Å². The van der Waals surface area contributed by atoms with Gasteiger partial charge in [0.2, 0.25) is 0 Å². The average Bonchev–Trinajstić information content (AvgIpc) is 2.02. The van der Waals surface area contributed by atoms with Gasteiger partial charge in [-0.05, 0) is 46.7 Å². The normalized spacial score (nSPS) is 19.9. The second kappa shape index (κ2) is 3.96. The largest absolute Gasteiger partial charge is 0.317 e. The van der Waals surface area contributed by atoms with E-state index in [1.807, 2.05) is 0 Å². The summed E-state index contributed by atoms with van der Waals surface area (Å²) < 4.78 is 0. The lowest BCUT2D eigenvalue weighted by Gasteiger charge is -2.18. The number of rotatable bonds is 0. The molecule has 0 unspecified atom stereocenters. The molecule has 0 bridgehead atoms. The van der Waals surface area contributed by atoms with Crippen molar-refractivity contribution < 1.29 is 0 Å². The van der Waals surface area contributed by atoms with E-state index >= 15 is 0 Å². The molecule has 1 N–H and O–H groups in total. The van der Waals surface area contributed by atoms with Crippen LogP contribution in [0.1, 0.15) is 33.6 Å². The fraction of sp³-hybridized carbons (Fsp3) is 0.818. The Morgan fingerprint density at radius 3 is 2.25 bits per heavy atom. The van der Waals surface area contributed by atoms with Gasteiger partial charge in [0, 0.05) is 11.3 Å². The predicted molar refractivity (Wildman–Crippen MR) is 52.8 cm³/mol. The van der Waals surface area contributed by atoms with Crippen LogP contribution < -0.4 is 5.32 Å². The lowest BCUT2D eigenvalue weighted by atomic mass is 9.93. The summed E-state index contributed by atoms with van der Waals surface area (Å²) in [7, 11) is 0. The summed E-state index contributed by atoms with van der Waals surface area (Å²) in [6.07, 6.45) is 2.45. The van der Waals surface area contributed by atoms with E-state index in [1.54, 1.807) is 0 Å². The van der Waals surface area contributed by atoms with Crippen LogP contribution in [-0.4, -0.2) is 13.1 Å². The van der Waals surface area contributed by atoms with Gasteiger partial charge in [0.05, 0.1) is 0 Å². The first-order valence-corrected chi connectivity index (χ1v) is 4.81. The molecular formula is C11H19N. The standard InChI is InChI=1S/C11H19N/c1-11(2,3)7-4-10-5-8-12-9-6-10/h10,12H,5-6,8-9H2,1-3H3. The van der Waals surface area contributed by atoms with E-state index in [4.69, 9.17) is 0 Å². The van der Waals surface area contributed by atoms with Crippen LogP contribution in [0.4, 0.5) is 0 Å². The summed E-state index contributed by atoms with van der Waals surface area (Å²) in [5.74, 6) is 7.33. The maximum absolute atomic E-state index is 3.37. The summed E-state index contributed by atoms with van der Waals surface area (Å²) >= 11 is 0. The molecule has 0 aromatic rings. The highest BCUT2D eigenvalue weighted by atomic mass is 14.9. The molecule has 0 saturated carbocycles. The van der Waals surface area contributed by atoms with Crippen LogP contribution in [0.15, 0.2) is 0 Å². The average molecular weight is 165 g/mol. The lowest BCUT2D eigenvalue weighted by Crippen LogP contribution is -2.27. The highest BCUT2D eigenvalue weighted by Crippen LogP contribution is 2.14. The van der Waals surface area contributed by atoms with E-state index in [0.29, 0.717) is 5.92 Å². The Labute approximate surface area is 75.9 Å². The van der Waals surface area contributed by atoms with Gasteiger partial charge < -0.3 is 5.32 Å². The first-order chi connectivity index (χ1) is 5.58. The van der Waals surface area contributed by atoms with Gasteiger partial charge in [-0.1, -0.05) is 11.8 Å². The maximum atomic E-state index is 3.37. The molecule has 68 valence electrons. The van der Waals surface area contributed by atoms with E-state index < -0.39 is 0 Å². The van der Waals surface area contributed by atoms with Gasteiger partial charge in [0.25, 0.3) is 0 Å². The molecular weight excluding hydrogens is 146 g/mol. The van der Waals surface area contributed by atoms with E-state index in [0.717, 1.165) is 13.1 Å². The van der Waals surface area contributed by atoms with Crippen LogP contribution in [0.2, 0.25) is 0 Å². The molecule has 0 aromatic heterocycles. The van der Waals surface area contributed by atoms with Crippen LogP contribution in [0.5, 0.6) is 0 Å². The zero-order valence-corrected chi connectivity index (χ0v) is 8.41. The Morgan fingerprint density at radius 2 is 1.75 bits per heavy atom. The summed E-state index contributed by atoms with van der Waals surface area (Å²) in [6, 6.07) is 0. The first kappa shape index (κ1) is 9.61. The Balaban J connectivity index is 2.41. The number of nitrogens with one attached hydrogen (secondary N) is 1. The topological polar surface area (TPSA) is 12.0 Å². The summed E-state index contributed by atoms with van der Waals surface area (Å²) in [6.45, 7) is 8.79. The van der Waals surface area contributed by atoms with Crippen LogP contribution in [0.3, 0.4) is 0 Å². The lowest BCUT2D eigenvalue weighted by molar-refractivity contribution is 0.445. The highest BCUT2D eigenvalue weighted by molar-refractivity contribution is 5.10. The second-order valence-electron chi connectivity index (χ2n) is 4.54. The van der Waals surface area contributed by atoms with Gasteiger partial charge in [-0.3, -0.25) is 0 Å². The Morgan fingerprint density at radius 1 is 1.17 bits per heavy atom. The van der Waals surface area contributed by atoms with Crippen molar-refractivity contribution in [2.24, 2.45) is 11.3 Å². The molecule has 0 spiro atoms. The van der Waals surface area contributed by atoms with Crippen molar-refractivity contribution in [3.8, 4) is 11.8 Å². The van der Waals surface area contributed by atoms with Crippen LogP contribution >= 0.6 is 0 Å². The summed E-state index contributed by atoms with van der Waals surface area (Å²) in [4.78, 5) is 0. The molecule has 12 heavy (non-hydrogen) atoms. The molecule has 1 nitrogen and oxygen atoms in total. The third kappa shape index (κ3) is 3.78. The van der Waals surface area contributed by atoms with E-state index in [2.05, 4.69) is 37.9 Å². The molecule has 1 heterocycles. The molecule has 1 saturated heterocycles. The Hall–Kier alpha value is -0.480. The van der Waals surface area contributed by atoms with Crippen molar-refractivity contribution >= 4 is 0 Å². The number of hydrogen-bond donors (Lipinski definition) is 1.